The van der Waals surface area contributed by atoms with E-state index < -0.39 is 68.3 Å². The van der Waals surface area contributed by atoms with E-state index in [-0.39, 0.29) is 28.1 Å². The number of rotatable bonds is 7. The molecule has 1 atom stereocenters. The lowest BCUT2D eigenvalue weighted by Gasteiger charge is -2.31. The number of primary amides is 1. The number of imidazole rings is 1. The number of fused-ring (bicyclic) bond motifs is 1. The zero-order valence-electron chi connectivity index (χ0n) is 31.1. The highest BCUT2D eigenvalue weighted by Crippen LogP contribution is 2.45. The Morgan fingerprint density at radius 1 is 1.07 bits per heavy atom. The highest BCUT2D eigenvalue weighted by atomic mass is 35.5. The Morgan fingerprint density at radius 3 is 2.30 bits per heavy atom. The largest absolute Gasteiger partial charge is 0.369 e. The van der Waals surface area contributed by atoms with Crippen LogP contribution in [0.2, 0.25) is 10.0 Å². The maximum Gasteiger partial charge on any atom is 0.260 e. The number of nitrogens with zero attached hydrogens (tertiary/aromatic N) is 6. The van der Waals surface area contributed by atoms with Gasteiger partial charge in [-0.3, -0.25) is 14.2 Å². The minimum atomic E-state index is -5.81. The van der Waals surface area contributed by atoms with Crippen LogP contribution in [0.4, 0.5) is 11.6 Å². The Labute approximate surface area is 271 Å². The van der Waals surface area contributed by atoms with Crippen LogP contribution in [0.3, 0.4) is 0 Å². The minimum absolute atomic E-state index is 0.0539. The van der Waals surface area contributed by atoms with Gasteiger partial charge in [-0.05, 0) is 49.0 Å². The van der Waals surface area contributed by atoms with E-state index >= 15 is 0 Å². The molecule has 1 fully saturated rings. The number of piperidine rings is 1. The minimum Gasteiger partial charge on any atom is -0.369 e. The number of amides is 2. The first-order valence-corrected chi connectivity index (χ1v) is 14.7. The maximum atomic E-state index is 14.7. The molecule has 4 aromatic rings. The van der Waals surface area contributed by atoms with E-state index in [9.17, 15) is 18.0 Å². The molecule has 14 heteroatoms. The Morgan fingerprint density at radius 2 is 1.70 bits per heavy atom. The van der Waals surface area contributed by atoms with Crippen LogP contribution in [0.1, 0.15) is 37.6 Å². The third-order valence-corrected chi connectivity index (χ3v) is 8.80. The van der Waals surface area contributed by atoms with Gasteiger partial charge in [-0.2, -0.15) is 4.31 Å². The van der Waals surface area contributed by atoms with Crippen molar-refractivity contribution >= 4 is 56.7 Å². The van der Waals surface area contributed by atoms with E-state index in [2.05, 4.69) is 15.0 Å². The molecular formula is C29H27Cl2N7O4S. The van der Waals surface area contributed by atoms with E-state index in [0.29, 0.717) is 22.9 Å². The normalized spacial score (nSPS) is 28.0. The zero-order valence-corrected chi connectivity index (χ0v) is 24.4. The van der Waals surface area contributed by atoms with Gasteiger partial charge >= 0.3 is 0 Å². The monoisotopic (exact) mass is 648 g/mol. The molecule has 222 valence electrons. The molecule has 1 saturated heterocycles. The summed E-state index contributed by atoms with van der Waals surface area (Å²) in [6.45, 7) is -6.93. The molecule has 2 aliphatic rings. The van der Waals surface area contributed by atoms with Crippen molar-refractivity contribution in [2.75, 3.05) is 17.9 Å². The third-order valence-electron chi connectivity index (χ3n) is 6.89. The molecule has 2 aromatic carbocycles. The fourth-order valence-corrected chi connectivity index (χ4v) is 6.62. The van der Waals surface area contributed by atoms with Gasteiger partial charge in [0.25, 0.3) is 15.9 Å². The number of sulfonamides is 1. The molecule has 0 radical (unpaired) electrons. The lowest BCUT2D eigenvalue weighted by atomic mass is 9.91. The molecule has 4 heterocycles. The molecule has 0 spiro atoms. The number of anilines is 2. The summed E-state index contributed by atoms with van der Waals surface area (Å²) in [5.41, 5.74) is 5.18. The van der Waals surface area contributed by atoms with Crippen LogP contribution in [-0.4, -0.2) is 57.1 Å². The summed E-state index contributed by atoms with van der Waals surface area (Å²) in [6.07, 6.45) is -3.20. The maximum absolute atomic E-state index is 14.7. The Hall–Kier alpha value is -3.84. The van der Waals surface area contributed by atoms with Crippen LogP contribution in [0, 0.1) is 5.89 Å². The average molecular weight is 650 g/mol. The second kappa shape index (κ2) is 11.0. The number of nitrogens with two attached hydrogens (primary N) is 1. The summed E-state index contributed by atoms with van der Waals surface area (Å²) in [4.78, 5) is 40.1. The van der Waals surface area contributed by atoms with Crippen LogP contribution in [-0.2, 0) is 31.6 Å². The third kappa shape index (κ3) is 5.18. The lowest BCUT2D eigenvalue weighted by Crippen LogP contribution is -2.45. The molecule has 0 aliphatic carbocycles. The van der Waals surface area contributed by atoms with Crippen molar-refractivity contribution in [1.29, 1.82) is 0 Å². The zero-order chi connectivity index (χ0) is 38.6. The summed E-state index contributed by atoms with van der Waals surface area (Å²) in [6, 6.07) is 10.8. The first-order valence-electron chi connectivity index (χ1n) is 17.0. The molecule has 6 rings (SSSR count). The molecule has 2 amide bonds. The first-order chi connectivity index (χ1) is 23.9. The molecule has 2 N–H and O–H groups in total. The Bertz CT molecular complexity index is 2200. The van der Waals surface area contributed by atoms with Crippen LogP contribution in [0.25, 0.3) is 11.1 Å². The second-order valence-corrected chi connectivity index (χ2v) is 12.4. The fraction of sp³-hybridized carbons (Fsp3) is 0.276. The van der Waals surface area contributed by atoms with Crippen molar-refractivity contribution in [2.45, 2.75) is 36.7 Å². The number of hydrogen-bond acceptors (Lipinski definition) is 7. The van der Waals surface area contributed by atoms with Gasteiger partial charge in [0, 0.05) is 65.6 Å². The highest BCUT2D eigenvalue weighted by Gasteiger charge is 2.52. The van der Waals surface area contributed by atoms with Gasteiger partial charge in [0.1, 0.15) is 11.9 Å². The van der Waals surface area contributed by atoms with Crippen LogP contribution in [0.15, 0.2) is 72.4 Å². The van der Waals surface area contributed by atoms with Crippen molar-refractivity contribution in [3.63, 3.8) is 0 Å². The number of carbonyl (C=O) groups excluding carboxylic acids is 2. The molecule has 0 unspecified atom stereocenters. The number of aromatic nitrogens is 4. The van der Waals surface area contributed by atoms with E-state index in [1.807, 2.05) is 0 Å². The Kier molecular flexibility index (Phi) is 5.17. The highest BCUT2D eigenvalue weighted by molar-refractivity contribution is 7.89. The van der Waals surface area contributed by atoms with Crippen molar-refractivity contribution in [2.24, 2.45) is 11.6 Å². The van der Waals surface area contributed by atoms with Crippen LogP contribution in [0.5, 0.6) is 0 Å². The standard InChI is InChI=1S/C29H27Cl2N7O4S/c1-29(13-18-2-4-19(5-3-18)21-14-33-17-34-15-21)27(40)37(24-11-22(30)10-23(31)12-24)28-35-16-25(38(28)29)43(41,42)36-8-6-20(7-9-36)26(32)39/h2-5,10-12,14-17,20H,6-9,13H2,1H3,(H2,32,39)/t29-/m1/s1/i6D2,7D2,8D2,9D2,20D. The summed E-state index contributed by atoms with van der Waals surface area (Å²) in [5.74, 6) is -7.18. The van der Waals surface area contributed by atoms with Gasteiger partial charge in [0.05, 0.1) is 11.9 Å². The van der Waals surface area contributed by atoms with Crippen molar-refractivity contribution in [3.05, 3.63) is 83.0 Å². The molecule has 2 aromatic heterocycles. The number of benzene rings is 2. The van der Waals surface area contributed by atoms with Crippen molar-refractivity contribution < 1.29 is 30.3 Å². The molecular weight excluding hydrogens is 613 g/mol. The molecule has 0 bridgehead atoms. The number of hydrogen-bond donors (Lipinski definition) is 1. The van der Waals surface area contributed by atoms with Crippen LogP contribution >= 0.6 is 23.2 Å². The molecule has 0 saturated carbocycles. The van der Waals surface area contributed by atoms with Crippen LogP contribution < -0.4 is 10.6 Å². The average Bonchev–Trinajstić information content (AvgIpc) is 3.57. The van der Waals surface area contributed by atoms with E-state index in [1.165, 1.54) is 31.5 Å². The van der Waals surface area contributed by atoms with Crippen molar-refractivity contribution in [1.82, 2.24) is 23.8 Å². The lowest BCUT2D eigenvalue weighted by molar-refractivity contribution is -0.124. The van der Waals surface area contributed by atoms with E-state index in [4.69, 9.17) is 41.3 Å². The number of carbonyl (C=O) groups is 2. The topological polar surface area (TPSA) is 144 Å². The van der Waals surface area contributed by atoms with Gasteiger partial charge in [-0.1, -0.05) is 47.5 Å². The predicted octanol–water partition coefficient (Wildman–Crippen LogP) is 4.17. The molecule has 43 heavy (non-hydrogen) atoms. The van der Waals surface area contributed by atoms with E-state index in [0.717, 1.165) is 9.47 Å². The first kappa shape index (κ1) is 20.2. The fourth-order valence-electron chi connectivity index (χ4n) is 4.88. The predicted molar refractivity (Wildman–Crippen MR) is 161 cm³/mol. The summed E-state index contributed by atoms with van der Waals surface area (Å²) >= 11 is 12.5. The quantitative estimate of drug-likeness (QED) is 0.317. The summed E-state index contributed by atoms with van der Waals surface area (Å²) < 4.78 is 106. The van der Waals surface area contributed by atoms with E-state index in [1.54, 1.807) is 36.7 Å². The molecule has 2 aliphatic heterocycles. The van der Waals surface area contributed by atoms with Gasteiger partial charge < -0.3 is 5.73 Å². The Balaban J connectivity index is 1.56. The second-order valence-electron chi connectivity index (χ2n) is 9.76. The van der Waals surface area contributed by atoms with Gasteiger partial charge in [-0.15, -0.1) is 0 Å². The van der Waals surface area contributed by atoms with Gasteiger partial charge in [0.15, 0.2) is 5.03 Å². The SMILES string of the molecule is [2H]C1([2H])N(S(=O)(=O)c2cnc3n2[C@](C)(Cc2ccc(-c4cncnc4)cc2)C(=O)N3c2cc(Cl)cc(Cl)c2)C([2H])([2H])C([2H])([2H])C([2H])(C(N)=O)C1([2H])[2H]. The summed E-state index contributed by atoms with van der Waals surface area (Å²) in [5, 5.41) is -0.839. The molecule has 11 nitrogen and oxygen atoms in total. The van der Waals surface area contributed by atoms with Gasteiger partial charge in [-0.25, -0.2) is 28.3 Å². The van der Waals surface area contributed by atoms with Gasteiger partial charge in [0.2, 0.25) is 11.9 Å². The number of halogens is 2. The smallest absolute Gasteiger partial charge is 0.260 e. The van der Waals surface area contributed by atoms with Crippen molar-refractivity contribution in [3.8, 4) is 11.1 Å². The summed E-state index contributed by atoms with van der Waals surface area (Å²) in [7, 11) is -5.81.